The Hall–Kier alpha value is 0.588. The molecule has 0 unspecified atom stereocenters. The molecule has 0 aliphatic heterocycles. The molecule has 1 aromatic rings. The topological polar surface area (TPSA) is 3.24 Å². The van der Waals surface area contributed by atoms with Gasteiger partial charge in [-0.1, -0.05) is 28.1 Å². The molecule has 0 bridgehead atoms. The Kier molecular flexibility index (Phi) is 13.3. The van der Waals surface area contributed by atoms with Crippen molar-refractivity contribution in [3.63, 3.8) is 0 Å². The molecule has 98 valence electrons. The van der Waals surface area contributed by atoms with Gasteiger partial charge in [0.1, 0.15) is 0 Å². The minimum atomic E-state index is 0. The molecule has 0 N–H and O–H groups in total. The summed E-state index contributed by atoms with van der Waals surface area (Å²) in [5.74, 6) is 0. The van der Waals surface area contributed by atoms with Gasteiger partial charge in [-0.3, -0.25) is 0 Å². The molecule has 1 aromatic carbocycles. The predicted molar refractivity (Wildman–Crippen MR) is 91.1 cm³/mol. The summed E-state index contributed by atoms with van der Waals surface area (Å²) in [5.41, 5.74) is 1.17. The third kappa shape index (κ3) is 8.65. The van der Waals surface area contributed by atoms with Gasteiger partial charge in [-0.25, -0.2) is 0 Å². The number of aryl methyl sites for hydroxylation is 1. The first-order chi connectivity index (χ1) is 7.92. The second-order valence-corrected chi connectivity index (χ2v) is 5.30. The van der Waals surface area contributed by atoms with Gasteiger partial charge >= 0.3 is 24.4 Å². The van der Waals surface area contributed by atoms with E-state index in [2.05, 4.69) is 0 Å². The smallest absolute Gasteiger partial charge is 0.781 e. The van der Waals surface area contributed by atoms with Gasteiger partial charge in [-0.2, -0.15) is 9.79 Å². The Morgan fingerprint density at radius 3 is 1.89 bits per heavy atom. The number of rotatable bonds is 2. The van der Waals surface area contributed by atoms with Crippen LogP contribution >= 0.6 is 12.2 Å². The number of nitrogens with zero attached hydrogens (tertiary/aromatic N) is 1. The van der Waals surface area contributed by atoms with Crippen LogP contribution in [0.25, 0.3) is 0 Å². The first-order valence-electron chi connectivity index (χ1n) is 5.32. The Bertz CT molecular complexity index is 367. The predicted octanol–water partition coefficient (Wildman–Crippen LogP) is 2.59. The molecule has 0 fully saturated rings. The third-order valence-electron chi connectivity index (χ3n) is 2.12. The van der Waals surface area contributed by atoms with Crippen molar-refractivity contribution in [3.05, 3.63) is 23.8 Å². The minimum Gasteiger partial charge on any atom is -0.781 e. The van der Waals surface area contributed by atoms with Crippen LogP contribution in [0.15, 0.2) is 28.0 Å². The Labute approximate surface area is 150 Å². The summed E-state index contributed by atoms with van der Waals surface area (Å²) >= 11 is 19.4. The molecule has 6 heteroatoms. The molecule has 0 atom stereocenters. The van der Waals surface area contributed by atoms with E-state index in [1.807, 2.05) is 43.9 Å². The maximum absolute atomic E-state index is 4.94. The first kappa shape index (κ1) is 20.9. The van der Waals surface area contributed by atoms with E-state index < -0.39 is 0 Å². The van der Waals surface area contributed by atoms with Gasteiger partial charge < -0.3 is 55.0 Å². The summed E-state index contributed by atoms with van der Waals surface area (Å²) in [6.07, 6.45) is 0. The second-order valence-electron chi connectivity index (χ2n) is 3.39. The molecule has 18 heavy (non-hydrogen) atoms. The molecule has 0 saturated heterocycles. The molecule has 0 aliphatic carbocycles. The van der Waals surface area contributed by atoms with Gasteiger partial charge in [0.05, 0.1) is 0 Å². The quantitative estimate of drug-likeness (QED) is 0.407. The van der Waals surface area contributed by atoms with Crippen molar-refractivity contribution >= 4 is 78.9 Å². The van der Waals surface area contributed by atoms with E-state index in [4.69, 9.17) is 50.1 Å². The van der Waals surface area contributed by atoms with Crippen LogP contribution in [0.3, 0.4) is 0 Å². The summed E-state index contributed by atoms with van der Waals surface area (Å²) in [4.78, 5) is 3.52. The molecular weight excluding hydrogens is 408 g/mol. The maximum Gasteiger partial charge on any atom is 3.00 e. The number of thiocarbonyl (C=S) groups is 1. The van der Waals surface area contributed by atoms with Crippen LogP contribution < -0.4 is 0 Å². The SMILES string of the molecule is CCN(CC)C(=S)[S-].Cc1ccc([S-])c([S-])c1.[Sb+3]. The van der Waals surface area contributed by atoms with E-state index in [1.165, 1.54) is 5.56 Å². The van der Waals surface area contributed by atoms with Crippen LogP contribution in [0.4, 0.5) is 0 Å². The van der Waals surface area contributed by atoms with Gasteiger partial charge in [-0.15, -0.1) is 0 Å². The van der Waals surface area contributed by atoms with E-state index in [0.717, 1.165) is 22.9 Å². The summed E-state index contributed by atoms with van der Waals surface area (Å²) < 4.78 is 0.579. The monoisotopic (exact) mass is 423 g/mol. The third-order valence-corrected chi connectivity index (χ3v) is 3.46. The number of hydrogen-bond donors (Lipinski definition) is 0. The van der Waals surface area contributed by atoms with Crippen LogP contribution in [0.1, 0.15) is 19.4 Å². The van der Waals surface area contributed by atoms with Crippen LogP contribution in [0.5, 0.6) is 0 Å². The van der Waals surface area contributed by atoms with Crippen molar-refractivity contribution in [1.29, 1.82) is 0 Å². The summed E-state index contributed by atoms with van der Waals surface area (Å²) in [5, 5.41) is 0. The van der Waals surface area contributed by atoms with E-state index in [0.29, 0.717) is 4.32 Å². The summed E-state index contributed by atoms with van der Waals surface area (Å²) in [6.45, 7) is 7.95. The van der Waals surface area contributed by atoms with Crippen molar-refractivity contribution in [3.8, 4) is 0 Å². The molecule has 1 nitrogen and oxygen atoms in total. The summed E-state index contributed by atoms with van der Waals surface area (Å²) in [7, 11) is 0. The average Bonchev–Trinajstić information content (AvgIpc) is 2.26. The Morgan fingerprint density at radius 1 is 1.17 bits per heavy atom. The molecule has 0 aliphatic rings. The van der Waals surface area contributed by atoms with Crippen molar-refractivity contribution in [2.45, 2.75) is 30.6 Å². The zero-order valence-electron chi connectivity index (χ0n) is 10.7. The zero-order chi connectivity index (χ0) is 13.4. The van der Waals surface area contributed by atoms with Gasteiger partial charge in [0, 0.05) is 13.1 Å². The average molecular weight is 424 g/mol. The van der Waals surface area contributed by atoms with Crippen LogP contribution in [0.2, 0.25) is 0 Å². The normalized spacial score (nSPS) is 8.61. The van der Waals surface area contributed by atoms with Crippen molar-refractivity contribution in [1.82, 2.24) is 4.90 Å². The Morgan fingerprint density at radius 2 is 1.67 bits per heavy atom. The number of benzene rings is 1. The van der Waals surface area contributed by atoms with Gasteiger partial charge in [0.25, 0.3) is 0 Å². The van der Waals surface area contributed by atoms with Crippen LogP contribution in [0, 0.1) is 6.92 Å². The fourth-order valence-corrected chi connectivity index (χ4v) is 1.99. The van der Waals surface area contributed by atoms with E-state index in [9.17, 15) is 0 Å². The van der Waals surface area contributed by atoms with E-state index in [-0.39, 0.29) is 24.4 Å². The first-order valence-corrected chi connectivity index (χ1v) is 6.96. The molecule has 0 aromatic heterocycles. The maximum atomic E-state index is 4.94. The van der Waals surface area contributed by atoms with Crippen molar-refractivity contribution < 1.29 is 0 Å². The van der Waals surface area contributed by atoms with Crippen LogP contribution in [-0.2, 0) is 37.9 Å². The summed E-state index contributed by atoms with van der Waals surface area (Å²) in [6, 6.07) is 5.75. The molecular formula is C12H16NS4Sb. The fraction of sp³-hybridized carbons (Fsp3) is 0.417. The standard InChI is InChI=1S/C7H8S2.C5H11NS2.Sb/c1-5-2-3-6(8)7(9)4-5;1-3-6(4-2)5(7)8;/h2-4,8-9H,1H3;3-4H2,1-2H3,(H,7,8);/q;;+3/p-3. The Balaban J connectivity index is 0. The van der Waals surface area contributed by atoms with E-state index >= 15 is 0 Å². The molecule has 1 rings (SSSR count). The van der Waals surface area contributed by atoms with Crippen molar-refractivity contribution in [2.75, 3.05) is 13.1 Å². The van der Waals surface area contributed by atoms with Crippen molar-refractivity contribution in [2.24, 2.45) is 0 Å². The molecule has 2 radical (unpaired) electrons. The van der Waals surface area contributed by atoms with Crippen LogP contribution in [-0.4, -0.2) is 46.7 Å². The van der Waals surface area contributed by atoms with E-state index in [1.54, 1.807) is 0 Å². The zero-order valence-corrected chi connectivity index (χ0v) is 16.5. The largest absolute Gasteiger partial charge is 3.00 e. The van der Waals surface area contributed by atoms with Gasteiger partial charge in [0.15, 0.2) is 0 Å². The van der Waals surface area contributed by atoms with Gasteiger partial charge in [0.2, 0.25) is 0 Å². The number of hydrogen-bond acceptors (Lipinski definition) is 4. The minimum absolute atomic E-state index is 0. The molecule has 0 amide bonds. The molecule has 0 spiro atoms. The fourth-order valence-electron chi connectivity index (χ4n) is 1.10. The molecule has 0 saturated carbocycles. The van der Waals surface area contributed by atoms with Gasteiger partial charge in [-0.05, 0) is 20.8 Å². The second kappa shape index (κ2) is 11.4. The molecule has 0 heterocycles.